The molecule has 0 atom stereocenters. The molecule has 1 heterocycles. The number of carbonyl (C=O) groups is 1. The summed E-state index contributed by atoms with van der Waals surface area (Å²) in [5.41, 5.74) is 4.15. The molecule has 0 spiro atoms. The number of hydrogen-bond acceptors (Lipinski definition) is 3. The van der Waals surface area contributed by atoms with Crippen LogP contribution in [0.25, 0.3) is 5.69 Å². The Morgan fingerprint density at radius 1 is 1.00 bits per heavy atom. The molecule has 1 aromatic heterocycles. The van der Waals surface area contributed by atoms with Crippen molar-refractivity contribution in [3.05, 3.63) is 83.7 Å². The highest BCUT2D eigenvalue weighted by Gasteiger charge is 2.04. The molecule has 27 heavy (non-hydrogen) atoms. The Morgan fingerprint density at radius 3 is 2.26 bits per heavy atom. The SMILES string of the molecule is CCCCNC(=O)c1ccc(CNCc2ccc(-n3cccn3)cc2)cc1. The zero-order valence-corrected chi connectivity index (χ0v) is 15.7. The third-order valence-corrected chi connectivity index (χ3v) is 4.40. The number of amides is 1. The van der Waals surface area contributed by atoms with E-state index in [2.05, 4.69) is 46.9 Å². The third-order valence-electron chi connectivity index (χ3n) is 4.40. The highest BCUT2D eigenvalue weighted by Crippen LogP contribution is 2.09. The fourth-order valence-electron chi connectivity index (χ4n) is 2.79. The Morgan fingerprint density at radius 2 is 1.67 bits per heavy atom. The van der Waals surface area contributed by atoms with Crippen LogP contribution in [-0.2, 0) is 13.1 Å². The number of nitrogens with one attached hydrogen (secondary N) is 2. The monoisotopic (exact) mass is 362 g/mol. The first-order chi connectivity index (χ1) is 13.3. The molecule has 5 heteroatoms. The number of benzene rings is 2. The van der Waals surface area contributed by atoms with Crippen molar-refractivity contribution < 1.29 is 4.79 Å². The molecule has 0 aliphatic carbocycles. The molecule has 0 bridgehead atoms. The predicted octanol–water partition coefficient (Wildman–Crippen LogP) is 3.69. The molecule has 0 aliphatic rings. The van der Waals surface area contributed by atoms with Gasteiger partial charge in [-0.3, -0.25) is 4.79 Å². The molecule has 0 radical (unpaired) electrons. The lowest BCUT2D eigenvalue weighted by molar-refractivity contribution is 0.0953. The summed E-state index contributed by atoms with van der Waals surface area (Å²) in [6.07, 6.45) is 5.80. The summed E-state index contributed by atoms with van der Waals surface area (Å²) in [4.78, 5) is 12.0. The number of carbonyl (C=O) groups excluding carboxylic acids is 1. The molecule has 3 aromatic rings. The second-order valence-corrected chi connectivity index (χ2v) is 6.53. The molecule has 2 N–H and O–H groups in total. The van der Waals surface area contributed by atoms with Crippen molar-refractivity contribution in [3.8, 4) is 5.69 Å². The van der Waals surface area contributed by atoms with Crippen LogP contribution in [0.4, 0.5) is 0 Å². The molecular weight excluding hydrogens is 336 g/mol. The van der Waals surface area contributed by atoms with Gasteiger partial charge in [0, 0.05) is 37.6 Å². The van der Waals surface area contributed by atoms with Gasteiger partial charge in [0.25, 0.3) is 5.91 Å². The molecular formula is C22H26N4O. The van der Waals surface area contributed by atoms with Crippen LogP contribution in [0, 0.1) is 0 Å². The molecule has 3 rings (SSSR count). The average Bonchev–Trinajstić information content (AvgIpc) is 3.24. The van der Waals surface area contributed by atoms with Gasteiger partial charge in [-0.25, -0.2) is 4.68 Å². The highest BCUT2D eigenvalue weighted by molar-refractivity contribution is 5.94. The minimum atomic E-state index is 0.000214. The van der Waals surface area contributed by atoms with Crippen molar-refractivity contribution in [2.45, 2.75) is 32.9 Å². The average molecular weight is 362 g/mol. The van der Waals surface area contributed by atoms with E-state index in [1.807, 2.05) is 41.2 Å². The maximum Gasteiger partial charge on any atom is 0.251 e. The maximum atomic E-state index is 12.0. The van der Waals surface area contributed by atoms with Gasteiger partial charge in [-0.2, -0.15) is 5.10 Å². The summed E-state index contributed by atoms with van der Waals surface area (Å²) in [7, 11) is 0. The first-order valence-corrected chi connectivity index (χ1v) is 9.43. The zero-order chi connectivity index (χ0) is 18.9. The Balaban J connectivity index is 1.45. The van der Waals surface area contributed by atoms with Crippen molar-refractivity contribution in [3.63, 3.8) is 0 Å². The standard InChI is InChI=1S/C22H26N4O/c1-2-3-13-24-22(27)20-9-5-18(6-10-20)16-23-17-19-7-11-21(12-8-19)26-15-4-14-25-26/h4-12,14-15,23H,2-3,13,16-17H2,1H3,(H,24,27). The van der Waals surface area contributed by atoms with Crippen LogP contribution in [0.15, 0.2) is 67.0 Å². The van der Waals surface area contributed by atoms with E-state index >= 15 is 0 Å². The molecule has 5 nitrogen and oxygen atoms in total. The van der Waals surface area contributed by atoms with E-state index in [4.69, 9.17) is 0 Å². The van der Waals surface area contributed by atoms with Crippen LogP contribution in [0.2, 0.25) is 0 Å². The lowest BCUT2D eigenvalue weighted by Gasteiger charge is -2.08. The zero-order valence-electron chi connectivity index (χ0n) is 15.7. The van der Waals surface area contributed by atoms with Crippen molar-refractivity contribution >= 4 is 5.91 Å². The number of nitrogens with zero attached hydrogens (tertiary/aromatic N) is 2. The summed E-state index contributed by atoms with van der Waals surface area (Å²) >= 11 is 0. The minimum absolute atomic E-state index is 0.000214. The van der Waals surface area contributed by atoms with Crippen LogP contribution >= 0.6 is 0 Å². The molecule has 0 unspecified atom stereocenters. The smallest absolute Gasteiger partial charge is 0.251 e. The van der Waals surface area contributed by atoms with Gasteiger partial charge in [0.15, 0.2) is 0 Å². The Bertz CT molecular complexity index is 824. The summed E-state index contributed by atoms with van der Waals surface area (Å²) < 4.78 is 1.84. The van der Waals surface area contributed by atoms with Crippen LogP contribution in [0.5, 0.6) is 0 Å². The molecule has 1 amide bonds. The topological polar surface area (TPSA) is 59.0 Å². The van der Waals surface area contributed by atoms with Gasteiger partial charge < -0.3 is 10.6 Å². The second-order valence-electron chi connectivity index (χ2n) is 6.53. The lowest BCUT2D eigenvalue weighted by Crippen LogP contribution is -2.24. The number of unbranched alkanes of at least 4 members (excludes halogenated alkanes) is 1. The number of aromatic nitrogens is 2. The van der Waals surface area contributed by atoms with E-state index in [1.165, 1.54) is 5.56 Å². The normalized spacial score (nSPS) is 10.7. The fourth-order valence-corrected chi connectivity index (χ4v) is 2.79. The first-order valence-electron chi connectivity index (χ1n) is 9.43. The second kappa shape index (κ2) is 9.69. The van der Waals surface area contributed by atoms with Gasteiger partial charge in [0.1, 0.15) is 0 Å². The summed E-state index contributed by atoms with van der Waals surface area (Å²) in [6, 6.07) is 18.0. The summed E-state index contributed by atoms with van der Waals surface area (Å²) in [5, 5.41) is 10.6. The van der Waals surface area contributed by atoms with E-state index in [0.29, 0.717) is 5.56 Å². The Kier molecular flexibility index (Phi) is 6.77. The van der Waals surface area contributed by atoms with Crippen molar-refractivity contribution in [1.82, 2.24) is 20.4 Å². The van der Waals surface area contributed by atoms with Gasteiger partial charge in [0.05, 0.1) is 5.69 Å². The largest absolute Gasteiger partial charge is 0.352 e. The molecule has 0 saturated heterocycles. The summed E-state index contributed by atoms with van der Waals surface area (Å²) in [6.45, 7) is 4.40. The van der Waals surface area contributed by atoms with Crippen LogP contribution in [-0.4, -0.2) is 22.2 Å². The van der Waals surface area contributed by atoms with Gasteiger partial charge in [0.2, 0.25) is 0 Å². The van der Waals surface area contributed by atoms with Crippen molar-refractivity contribution in [1.29, 1.82) is 0 Å². The van der Waals surface area contributed by atoms with E-state index < -0.39 is 0 Å². The lowest BCUT2D eigenvalue weighted by atomic mass is 10.1. The van der Waals surface area contributed by atoms with E-state index in [1.54, 1.807) is 6.20 Å². The number of hydrogen-bond donors (Lipinski definition) is 2. The summed E-state index contributed by atoms with van der Waals surface area (Å²) in [5.74, 6) is 0.000214. The Labute approximate surface area is 160 Å². The minimum Gasteiger partial charge on any atom is -0.352 e. The predicted molar refractivity (Wildman–Crippen MR) is 108 cm³/mol. The molecule has 0 fully saturated rings. The Hall–Kier alpha value is -2.92. The van der Waals surface area contributed by atoms with E-state index in [0.717, 1.165) is 43.7 Å². The molecule has 0 aliphatic heterocycles. The first kappa shape index (κ1) is 18.9. The van der Waals surface area contributed by atoms with Crippen LogP contribution < -0.4 is 10.6 Å². The van der Waals surface area contributed by atoms with E-state index in [-0.39, 0.29) is 5.91 Å². The maximum absolute atomic E-state index is 12.0. The van der Waals surface area contributed by atoms with E-state index in [9.17, 15) is 4.79 Å². The number of rotatable bonds is 9. The van der Waals surface area contributed by atoms with Crippen molar-refractivity contribution in [2.75, 3.05) is 6.54 Å². The quantitative estimate of drug-likeness (QED) is 0.571. The molecule has 140 valence electrons. The van der Waals surface area contributed by atoms with Gasteiger partial charge in [-0.15, -0.1) is 0 Å². The van der Waals surface area contributed by atoms with Gasteiger partial charge in [-0.1, -0.05) is 37.6 Å². The highest BCUT2D eigenvalue weighted by atomic mass is 16.1. The molecule has 2 aromatic carbocycles. The van der Waals surface area contributed by atoms with Gasteiger partial charge >= 0.3 is 0 Å². The van der Waals surface area contributed by atoms with Crippen LogP contribution in [0.1, 0.15) is 41.3 Å². The molecule has 0 saturated carbocycles. The third kappa shape index (κ3) is 5.53. The van der Waals surface area contributed by atoms with Crippen molar-refractivity contribution in [2.24, 2.45) is 0 Å². The van der Waals surface area contributed by atoms with Crippen LogP contribution in [0.3, 0.4) is 0 Å². The fraction of sp³-hybridized carbons (Fsp3) is 0.273. The van der Waals surface area contributed by atoms with Gasteiger partial charge in [-0.05, 0) is 47.9 Å².